The molecule has 3 aliphatic heterocycles. The quantitative estimate of drug-likeness (QED) is 0.117. The largest absolute Gasteiger partial charge is 0.490 e. The third-order valence-corrected chi connectivity index (χ3v) is 3.94. The van der Waals surface area contributed by atoms with E-state index in [1.807, 2.05) is 0 Å². The molecular formula is C24H30Co2F18O15Ti. The molecule has 36 heteroatoms. The predicted molar refractivity (Wildman–Crippen MR) is 142 cm³/mol. The van der Waals surface area contributed by atoms with Crippen LogP contribution in [0.3, 0.4) is 0 Å². The second kappa shape index (κ2) is 39.0. The van der Waals surface area contributed by atoms with Crippen LogP contribution in [-0.4, -0.2) is 143 Å². The van der Waals surface area contributed by atoms with E-state index in [0.29, 0.717) is 0 Å². The van der Waals surface area contributed by atoms with E-state index in [-0.39, 0.29) is 55.3 Å². The van der Waals surface area contributed by atoms with Crippen LogP contribution in [0.25, 0.3) is 0 Å². The number of hydrogen-bond donors (Lipinski definition) is 6. The number of carbonyl (C=O) groups is 6. The number of carboxylic acids is 6. The molecule has 3 rings (SSSR count). The Morgan fingerprint density at radius 3 is 0.367 bits per heavy atom. The Bertz CT molecular complexity index is 904. The van der Waals surface area contributed by atoms with E-state index in [4.69, 9.17) is 73.6 Å². The second-order valence-corrected chi connectivity index (χ2v) is 8.78. The number of hydrogen-bond acceptors (Lipinski definition) is 9. The number of aliphatic carboxylic acids is 6. The summed E-state index contributed by atoms with van der Waals surface area (Å²) in [6.45, 7) is 6.00. The number of rotatable bonds is 0. The topological polar surface area (TPSA) is 251 Å². The van der Waals surface area contributed by atoms with Crippen molar-refractivity contribution >= 4 is 35.8 Å². The third kappa shape index (κ3) is 69.8. The Morgan fingerprint density at radius 2 is 0.350 bits per heavy atom. The third-order valence-electron chi connectivity index (χ3n) is 3.94. The van der Waals surface area contributed by atoms with Gasteiger partial charge in [-0.05, 0) is 38.5 Å². The number of halogens is 18. The molecule has 0 unspecified atom stereocenters. The molecular weight excluding hydrogens is 1040 g/mol. The second-order valence-electron chi connectivity index (χ2n) is 8.78. The first-order valence-corrected chi connectivity index (χ1v) is 13.7. The molecule has 3 heterocycles. The van der Waals surface area contributed by atoms with Crippen LogP contribution in [0.5, 0.6) is 0 Å². The Hall–Kier alpha value is -2.83. The first kappa shape index (κ1) is 77.7. The maximum atomic E-state index is 10.6. The molecule has 0 spiro atoms. The minimum Gasteiger partial charge on any atom is -0.475 e. The Balaban J connectivity index is -0.0000000694. The molecule has 3 fully saturated rings. The maximum absolute atomic E-state index is 10.6. The van der Waals surface area contributed by atoms with Crippen molar-refractivity contribution in [3.05, 3.63) is 0 Å². The summed E-state index contributed by atoms with van der Waals surface area (Å²) in [6, 6.07) is 0. The van der Waals surface area contributed by atoms with Gasteiger partial charge >= 0.3 is 72.9 Å². The molecule has 364 valence electrons. The first-order chi connectivity index (χ1) is 25.2. The molecule has 60 heavy (non-hydrogen) atoms. The fourth-order valence-electron chi connectivity index (χ4n) is 1.53. The van der Waals surface area contributed by atoms with Crippen LogP contribution in [0, 0.1) is 0 Å². The summed E-state index contributed by atoms with van der Waals surface area (Å²) < 4.78 is 205. The molecule has 0 aromatic heterocycles. The molecule has 0 amide bonds. The van der Waals surface area contributed by atoms with Gasteiger partial charge in [-0.3, -0.25) is 0 Å². The average Bonchev–Trinajstić information content (AvgIpc) is 3.84. The van der Waals surface area contributed by atoms with E-state index in [1.54, 1.807) is 0 Å². The van der Waals surface area contributed by atoms with Crippen LogP contribution in [0.1, 0.15) is 38.5 Å². The molecule has 0 atom stereocenters. The van der Waals surface area contributed by atoms with Gasteiger partial charge < -0.3 is 44.8 Å². The van der Waals surface area contributed by atoms with Gasteiger partial charge in [-0.25, -0.2) is 28.8 Å². The van der Waals surface area contributed by atoms with Crippen molar-refractivity contribution in [1.82, 2.24) is 0 Å². The van der Waals surface area contributed by atoms with Gasteiger partial charge in [-0.1, -0.05) is 0 Å². The van der Waals surface area contributed by atoms with Crippen molar-refractivity contribution in [2.75, 3.05) is 39.6 Å². The normalized spacial score (nSPS) is 13.9. The summed E-state index contributed by atoms with van der Waals surface area (Å²) in [5.74, 6) is -16.5. The van der Waals surface area contributed by atoms with Gasteiger partial charge in [0.15, 0.2) is 0 Å². The van der Waals surface area contributed by atoms with E-state index in [9.17, 15) is 79.0 Å². The van der Waals surface area contributed by atoms with Crippen LogP contribution in [0.2, 0.25) is 0 Å². The van der Waals surface area contributed by atoms with E-state index in [0.717, 1.165) is 39.6 Å². The number of carboxylic acid groups (broad SMARTS) is 6. The Morgan fingerprint density at radius 1 is 0.283 bits per heavy atom. The van der Waals surface area contributed by atoms with Gasteiger partial charge in [0, 0.05) is 94.9 Å². The van der Waals surface area contributed by atoms with Gasteiger partial charge in [0.05, 0.1) is 0 Å². The summed E-state index contributed by atoms with van der Waals surface area (Å²) in [5, 5.41) is 42.8. The molecule has 15 nitrogen and oxygen atoms in total. The zero-order valence-corrected chi connectivity index (χ0v) is 32.5. The van der Waals surface area contributed by atoms with E-state index >= 15 is 0 Å². The molecule has 0 aromatic carbocycles. The average molecular weight is 1070 g/mol. The molecule has 0 aromatic rings. The maximum Gasteiger partial charge on any atom is 0.490 e. The number of ether oxygens (including phenoxy) is 3. The molecule has 3 saturated heterocycles. The van der Waals surface area contributed by atoms with Crippen molar-refractivity contribution < 1.29 is 208 Å². The van der Waals surface area contributed by atoms with Crippen LogP contribution in [-0.2, 0) is 98.3 Å². The minimum absolute atomic E-state index is 0. The van der Waals surface area contributed by atoms with Crippen LogP contribution in [0.4, 0.5) is 79.0 Å². The van der Waals surface area contributed by atoms with E-state index in [2.05, 4.69) is 0 Å². The van der Waals surface area contributed by atoms with Crippen molar-refractivity contribution in [2.45, 2.75) is 75.6 Å². The summed E-state index contributed by atoms with van der Waals surface area (Å²) in [4.78, 5) is 53.4. The summed E-state index contributed by atoms with van der Waals surface area (Å²) in [5.41, 5.74) is 0. The van der Waals surface area contributed by atoms with Crippen molar-refractivity contribution in [3.8, 4) is 0 Å². The SMILES string of the molecule is C1CCOC1.C1CCOC1.C1CCOC1.O=C(O)C(F)(F)F.O=C(O)C(F)(F)F.O=C(O)C(F)(F)F.O=C(O)C(F)(F)F.O=C(O)C(F)(F)F.O=C(O)C(F)(F)F.[Co].[Co].[Ti]. The van der Waals surface area contributed by atoms with E-state index in [1.165, 1.54) is 38.5 Å². The standard InChI is InChI=1S/3C4H8O.6C2HF3O2.2Co.Ti/c3*1-2-4-5-3-1;6*3-2(4,5)1(6)7;;;/h3*1-4H2;6*(H,6,7);;;. The smallest absolute Gasteiger partial charge is 0.475 e. The molecule has 0 bridgehead atoms. The van der Waals surface area contributed by atoms with Crippen LogP contribution in [0.15, 0.2) is 0 Å². The van der Waals surface area contributed by atoms with Crippen molar-refractivity contribution in [3.63, 3.8) is 0 Å². The molecule has 0 aliphatic carbocycles. The zero-order valence-electron chi connectivity index (χ0n) is 28.8. The molecule has 0 saturated carbocycles. The first-order valence-electron chi connectivity index (χ1n) is 13.7. The summed E-state index contributed by atoms with van der Waals surface area (Å²) >= 11 is 0. The van der Waals surface area contributed by atoms with Crippen LogP contribution < -0.4 is 0 Å². The van der Waals surface area contributed by atoms with Gasteiger partial charge in [0.1, 0.15) is 0 Å². The molecule has 3 aliphatic rings. The number of alkyl halides is 18. The Labute approximate surface area is 358 Å². The predicted octanol–water partition coefficient (Wildman–Crippen LogP) is 6.18. The molecule has 6 N–H and O–H groups in total. The summed E-state index contributed by atoms with van der Waals surface area (Å²) in [7, 11) is 0. The summed E-state index contributed by atoms with van der Waals surface area (Å²) in [6.07, 6.45) is -22.8. The van der Waals surface area contributed by atoms with Crippen LogP contribution >= 0.6 is 0 Å². The van der Waals surface area contributed by atoms with Gasteiger partial charge in [-0.15, -0.1) is 0 Å². The zero-order chi connectivity index (χ0) is 47.1. The fourth-order valence-corrected chi connectivity index (χ4v) is 1.53. The van der Waals surface area contributed by atoms with Gasteiger partial charge in [0.25, 0.3) is 0 Å². The van der Waals surface area contributed by atoms with Crippen molar-refractivity contribution in [1.29, 1.82) is 0 Å². The fraction of sp³-hybridized carbons (Fsp3) is 0.750. The Kier molecular flexibility index (Phi) is 50.6. The minimum atomic E-state index is -5.08. The monoisotopic (exact) mass is 1070 g/mol. The van der Waals surface area contributed by atoms with Gasteiger partial charge in [-0.2, -0.15) is 79.0 Å². The van der Waals surface area contributed by atoms with E-state index < -0.39 is 72.9 Å². The van der Waals surface area contributed by atoms with Crippen molar-refractivity contribution in [2.24, 2.45) is 0 Å². The molecule has 2 radical (unpaired) electrons. The van der Waals surface area contributed by atoms with Gasteiger partial charge in [0.2, 0.25) is 0 Å².